The predicted molar refractivity (Wildman–Crippen MR) is 135 cm³/mol. The summed E-state index contributed by atoms with van der Waals surface area (Å²) < 4.78 is 10.5. The number of ether oxygens (including phenoxy) is 2. The van der Waals surface area contributed by atoms with Crippen LogP contribution in [0.25, 0.3) is 0 Å². The van der Waals surface area contributed by atoms with Crippen molar-refractivity contribution in [3.05, 3.63) is 106 Å². The Bertz CT molecular complexity index is 1230. The van der Waals surface area contributed by atoms with Gasteiger partial charge < -0.3 is 14.8 Å². The summed E-state index contributed by atoms with van der Waals surface area (Å²) in [5.41, 5.74) is 3.53. The Balaban J connectivity index is 1.53. The van der Waals surface area contributed by atoms with Crippen molar-refractivity contribution >= 4 is 29.6 Å². The molecule has 3 aromatic carbocycles. The molecule has 1 N–H and O–H groups in total. The highest BCUT2D eigenvalue weighted by Gasteiger charge is 2.37. The van der Waals surface area contributed by atoms with E-state index in [2.05, 4.69) is 5.32 Å². The highest BCUT2D eigenvalue weighted by Crippen LogP contribution is 2.25. The molecular formula is C28H27ClN2O5. The van der Waals surface area contributed by atoms with Crippen molar-refractivity contribution in [3.63, 3.8) is 0 Å². The molecule has 0 aromatic heterocycles. The molecule has 0 spiro atoms. The quantitative estimate of drug-likeness (QED) is 0.483. The van der Waals surface area contributed by atoms with Gasteiger partial charge in [-0.25, -0.2) is 9.59 Å². The van der Waals surface area contributed by atoms with Crippen LogP contribution in [0.4, 0.5) is 4.79 Å². The Morgan fingerprint density at radius 2 is 1.67 bits per heavy atom. The number of amides is 2. The van der Waals surface area contributed by atoms with E-state index in [-0.39, 0.29) is 19.6 Å². The van der Waals surface area contributed by atoms with Crippen LogP contribution in [0.2, 0.25) is 5.02 Å². The molecule has 8 heteroatoms. The maximum absolute atomic E-state index is 13.5. The van der Waals surface area contributed by atoms with Gasteiger partial charge in [-0.2, -0.15) is 0 Å². The fourth-order valence-electron chi connectivity index (χ4n) is 4.25. The Kier molecular flexibility index (Phi) is 8.23. The van der Waals surface area contributed by atoms with E-state index in [9.17, 15) is 14.4 Å². The number of esters is 1. The third kappa shape index (κ3) is 6.23. The molecule has 186 valence electrons. The monoisotopic (exact) mass is 506 g/mol. The third-order valence-electron chi connectivity index (χ3n) is 6.12. The van der Waals surface area contributed by atoms with Crippen LogP contribution in [-0.4, -0.2) is 42.1 Å². The molecule has 0 aliphatic carbocycles. The van der Waals surface area contributed by atoms with Gasteiger partial charge in [0.15, 0.2) is 0 Å². The van der Waals surface area contributed by atoms with Gasteiger partial charge in [-0.1, -0.05) is 78.3 Å². The maximum atomic E-state index is 13.5. The molecule has 1 aliphatic heterocycles. The van der Waals surface area contributed by atoms with Crippen LogP contribution in [0.3, 0.4) is 0 Å². The Morgan fingerprint density at radius 3 is 2.39 bits per heavy atom. The number of nitrogens with one attached hydrogen (secondary N) is 1. The van der Waals surface area contributed by atoms with E-state index in [1.165, 1.54) is 12.0 Å². The zero-order valence-electron chi connectivity index (χ0n) is 19.9. The average molecular weight is 507 g/mol. The molecule has 3 aromatic rings. The molecule has 0 radical (unpaired) electrons. The van der Waals surface area contributed by atoms with E-state index in [1.807, 2.05) is 60.7 Å². The molecular weight excluding hydrogens is 480 g/mol. The number of rotatable bonds is 7. The van der Waals surface area contributed by atoms with Crippen LogP contribution in [0.1, 0.15) is 22.3 Å². The van der Waals surface area contributed by atoms with Gasteiger partial charge in [0.1, 0.15) is 18.7 Å². The number of benzene rings is 3. The smallest absolute Gasteiger partial charge is 0.411 e. The zero-order valence-corrected chi connectivity index (χ0v) is 20.6. The van der Waals surface area contributed by atoms with Gasteiger partial charge in [0.2, 0.25) is 5.91 Å². The summed E-state index contributed by atoms with van der Waals surface area (Å²) in [6.07, 6.45) is -0.105. The molecule has 0 fully saturated rings. The van der Waals surface area contributed by atoms with Crippen LogP contribution in [0, 0.1) is 0 Å². The summed E-state index contributed by atoms with van der Waals surface area (Å²) in [6, 6.07) is 22.2. The van der Waals surface area contributed by atoms with Crippen molar-refractivity contribution in [1.82, 2.24) is 10.2 Å². The summed E-state index contributed by atoms with van der Waals surface area (Å²) in [6.45, 7) is 0.310. The van der Waals surface area contributed by atoms with Crippen LogP contribution in [0.5, 0.6) is 0 Å². The molecule has 2 atom stereocenters. The number of methoxy groups -OCH3 is 1. The minimum Gasteiger partial charge on any atom is -0.467 e. The van der Waals surface area contributed by atoms with Gasteiger partial charge in [-0.05, 0) is 34.4 Å². The number of halogens is 1. The lowest BCUT2D eigenvalue weighted by Crippen LogP contribution is -2.56. The molecule has 36 heavy (non-hydrogen) atoms. The Labute approximate surface area is 215 Å². The molecule has 0 saturated heterocycles. The van der Waals surface area contributed by atoms with E-state index in [0.29, 0.717) is 11.4 Å². The largest absolute Gasteiger partial charge is 0.467 e. The molecule has 0 bridgehead atoms. The Morgan fingerprint density at radius 1 is 0.972 bits per heavy atom. The summed E-state index contributed by atoms with van der Waals surface area (Å²) in [5.74, 6) is -1.05. The minimum atomic E-state index is -0.944. The number of hydrogen-bond donors (Lipinski definition) is 1. The summed E-state index contributed by atoms with van der Waals surface area (Å²) >= 11 is 6.08. The van der Waals surface area contributed by atoms with E-state index >= 15 is 0 Å². The Hall–Kier alpha value is -3.84. The molecule has 0 unspecified atom stereocenters. The van der Waals surface area contributed by atoms with E-state index in [4.69, 9.17) is 21.1 Å². The summed E-state index contributed by atoms with van der Waals surface area (Å²) in [5, 5.41) is 3.32. The average Bonchev–Trinajstić information content (AvgIpc) is 2.90. The predicted octanol–water partition coefficient (Wildman–Crippen LogP) is 4.30. The van der Waals surface area contributed by atoms with Crippen molar-refractivity contribution in [2.24, 2.45) is 0 Å². The number of carbonyl (C=O) groups is 3. The van der Waals surface area contributed by atoms with E-state index < -0.39 is 30.1 Å². The van der Waals surface area contributed by atoms with Crippen LogP contribution < -0.4 is 5.32 Å². The third-order valence-corrected chi connectivity index (χ3v) is 6.36. The lowest BCUT2D eigenvalue weighted by Gasteiger charge is -2.35. The maximum Gasteiger partial charge on any atom is 0.411 e. The van der Waals surface area contributed by atoms with Crippen molar-refractivity contribution in [2.75, 3.05) is 7.11 Å². The van der Waals surface area contributed by atoms with Crippen molar-refractivity contribution in [2.45, 2.75) is 38.1 Å². The minimum absolute atomic E-state index is 0.0890. The van der Waals surface area contributed by atoms with Gasteiger partial charge in [0.25, 0.3) is 0 Å². The first-order valence-corrected chi connectivity index (χ1v) is 12.0. The lowest BCUT2D eigenvalue weighted by atomic mass is 9.93. The van der Waals surface area contributed by atoms with Gasteiger partial charge in [-0.3, -0.25) is 9.69 Å². The molecule has 1 aliphatic rings. The number of nitrogens with zero attached hydrogens (tertiary/aromatic N) is 1. The second-order valence-corrected chi connectivity index (χ2v) is 9.01. The zero-order chi connectivity index (χ0) is 25.5. The first kappa shape index (κ1) is 25.3. The van der Waals surface area contributed by atoms with Crippen LogP contribution in [-0.2, 0) is 45.1 Å². The van der Waals surface area contributed by atoms with Crippen molar-refractivity contribution < 1.29 is 23.9 Å². The number of carbonyl (C=O) groups excluding carboxylic acids is 3. The topological polar surface area (TPSA) is 84.9 Å². The molecule has 2 amide bonds. The van der Waals surface area contributed by atoms with E-state index in [0.717, 1.165) is 22.3 Å². The second kappa shape index (κ2) is 11.7. The van der Waals surface area contributed by atoms with Crippen LogP contribution in [0.15, 0.2) is 78.9 Å². The fourth-order valence-corrected chi connectivity index (χ4v) is 4.47. The normalized spacial score (nSPS) is 15.4. The van der Waals surface area contributed by atoms with Crippen LogP contribution >= 0.6 is 11.6 Å². The first-order chi connectivity index (χ1) is 17.4. The fraction of sp³-hybridized carbons (Fsp3) is 0.250. The highest BCUT2D eigenvalue weighted by molar-refractivity contribution is 6.30. The standard InChI is InChI=1S/C28H27ClN2O5/c1-35-27(33)24(15-20-10-7-13-23(29)14-20)30-26(32)25-16-21-11-5-6-12-22(21)17-31(25)28(34)36-18-19-8-3-2-4-9-19/h2-14,24-25H,15-18H2,1H3,(H,30,32)/t24-,25+/m1/s1. The van der Waals surface area contributed by atoms with E-state index in [1.54, 1.807) is 18.2 Å². The lowest BCUT2D eigenvalue weighted by molar-refractivity contribution is -0.145. The summed E-state index contributed by atoms with van der Waals surface area (Å²) in [7, 11) is 1.27. The van der Waals surface area contributed by atoms with Crippen molar-refractivity contribution in [1.29, 1.82) is 0 Å². The summed E-state index contributed by atoms with van der Waals surface area (Å²) in [4.78, 5) is 40.5. The van der Waals surface area contributed by atoms with Gasteiger partial charge in [0, 0.05) is 17.9 Å². The SMILES string of the molecule is COC(=O)[C@@H](Cc1cccc(Cl)c1)NC(=O)[C@@H]1Cc2ccccc2CN1C(=O)OCc1ccccc1. The van der Waals surface area contributed by atoms with Gasteiger partial charge >= 0.3 is 12.1 Å². The van der Waals surface area contributed by atoms with Gasteiger partial charge in [0.05, 0.1) is 13.7 Å². The van der Waals surface area contributed by atoms with Crippen molar-refractivity contribution in [3.8, 4) is 0 Å². The second-order valence-electron chi connectivity index (χ2n) is 8.58. The molecule has 0 saturated carbocycles. The number of fused-ring (bicyclic) bond motifs is 1. The van der Waals surface area contributed by atoms with Gasteiger partial charge in [-0.15, -0.1) is 0 Å². The highest BCUT2D eigenvalue weighted by atomic mass is 35.5. The first-order valence-electron chi connectivity index (χ1n) is 11.6. The molecule has 1 heterocycles. The number of hydrogen-bond acceptors (Lipinski definition) is 5. The molecule has 7 nitrogen and oxygen atoms in total. The molecule has 4 rings (SSSR count).